The van der Waals surface area contributed by atoms with E-state index >= 15 is 0 Å². The molecule has 0 radical (unpaired) electrons. The first-order chi connectivity index (χ1) is 9.23. The lowest BCUT2D eigenvalue weighted by atomic mass is 10.1. The van der Waals surface area contributed by atoms with Gasteiger partial charge in [0.05, 0.1) is 12.7 Å². The maximum Gasteiger partial charge on any atom is 0.472 e. The van der Waals surface area contributed by atoms with Crippen LogP contribution in [0, 0.1) is 0 Å². The molecule has 2 N–H and O–H groups in total. The second-order valence-corrected chi connectivity index (χ2v) is 6.75. The van der Waals surface area contributed by atoms with Gasteiger partial charge in [-0.2, -0.15) is 0 Å². The molecule has 6 nitrogen and oxygen atoms in total. The number of rotatable bonds is 11. The van der Waals surface area contributed by atoms with Gasteiger partial charge in [0.25, 0.3) is 0 Å². The molecule has 1 amide bonds. The summed E-state index contributed by atoms with van der Waals surface area (Å²) in [5.41, 5.74) is 0. The molecule has 1 atom stereocenters. The van der Waals surface area contributed by atoms with E-state index in [1.807, 2.05) is 13.8 Å². The van der Waals surface area contributed by atoms with Crippen LogP contribution in [0.1, 0.15) is 59.8 Å². The number of hydrogen-bond donors (Lipinski definition) is 2. The van der Waals surface area contributed by atoms with Crippen molar-refractivity contribution in [1.29, 1.82) is 0 Å². The fourth-order valence-electron chi connectivity index (χ4n) is 1.61. The molecular formula is C13H28NO5P. The fourth-order valence-corrected chi connectivity index (χ4v) is 2.57. The first kappa shape index (κ1) is 19.6. The summed E-state index contributed by atoms with van der Waals surface area (Å²) >= 11 is 0. The summed E-state index contributed by atoms with van der Waals surface area (Å²) in [6, 6.07) is 0.176. The molecule has 0 heterocycles. The van der Waals surface area contributed by atoms with Crippen molar-refractivity contribution >= 4 is 13.7 Å². The lowest BCUT2D eigenvalue weighted by molar-refractivity contribution is -0.121. The zero-order chi connectivity index (χ0) is 15.6. The van der Waals surface area contributed by atoms with Crippen LogP contribution < -0.4 is 5.32 Å². The Hall–Kier alpha value is -0.420. The van der Waals surface area contributed by atoms with E-state index in [0.717, 1.165) is 19.3 Å². The molecule has 20 heavy (non-hydrogen) atoms. The van der Waals surface area contributed by atoms with Crippen LogP contribution >= 0.6 is 7.82 Å². The zero-order valence-corrected chi connectivity index (χ0v) is 13.8. The van der Waals surface area contributed by atoms with Crippen molar-refractivity contribution < 1.29 is 23.3 Å². The van der Waals surface area contributed by atoms with E-state index in [1.54, 1.807) is 13.8 Å². The summed E-state index contributed by atoms with van der Waals surface area (Å²) in [5, 5.41) is 2.83. The van der Waals surface area contributed by atoms with Crippen molar-refractivity contribution in [3.8, 4) is 0 Å². The van der Waals surface area contributed by atoms with Crippen LogP contribution in [0.25, 0.3) is 0 Å². The Balaban J connectivity index is 3.49. The van der Waals surface area contributed by atoms with Gasteiger partial charge in [0.2, 0.25) is 5.91 Å². The molecule has 0 saturated heterocycles. The third kappa shape index (κ3) is 12.6. The van der Waals surface area contributed by atoms with Gasteiger partial charge in [-0.3, -0.25) is 13.8 Å². The van der Waals surface area contributed by atoms with Crippen LogP contribution in [-0.4, -0.2) is 29.6 Å². The second kappa shape index (κ2) is 10.3. The molecule has 0 aliphatic heterocycles. The third-order valence-electron chi connectivity index (χ3n) is 2.35. The van der Waals surface area contributed by atoms with Gasteiger partial charge in [-0.1, -0.05) is 12.8 Å². The molecule has 0 aliphatic carbocycles. The van der Waals surface area contributed by atoms with Gasteiger partial charge in [0, 0.05) is 12.5 Å². The molecule has 120 valence electrons. The number of hydrogen-bond acceptors (Lipinski definition) is 4. The SMILES string of the molecule is CC(C)NC(=O)CCCCCCOP(=O)(O)OC(C)C. The van der Waals surface area contributed by atoms with E-state index in [1.165, 1.54) is 0 Å². The highest BCUT2D eigenvalue weighted by Crippen LogP contribution is 2.44. The Kier molecular flexibility index (Phi) is 10.1. The Morgan fingerprint density at radius 3 is 2.30 bits per heavy atom. The maximum atomic E-state index is 11.4. The molecule has 0 aromatic heterocycles. The zero-order valence-electron chi connectivity index (χ0n) is 12.9. The molecule has 7 heteroatoms. The molecule has 0 fully saturated rings. The quantitative estimate of drug-likeness (QED) is 0.453. The minimum absolute atomic E-state index is 0.0708. The molecule has 0 bridgehead atoms. The lowest BCUT2D eigenvalue weighted by Gasteiger charge is -2.14. The number of unbranched alkanes of at least 4 members (excludes halogenated alkanes) is 3. The van der Waals surface area contributed by atoms with E-state index < -0.39 is 7.82 Å². The predicted molar refractivity (Wildman–Crippen MR) is 78.4 cm³/mol. The second-order valence-electron chi connectivity index (χ2n) is 5.34. The van der Waals surface area contributed by atoms with Crippen molar-refractivity contribution in [3.05, 3.63) is 0 Å². The minimum Gasteiger partial charge on any atom is -0.354 e. The molecular weight excluding hydrogens is 281 g/mol. The van der Waals surface area contributed by atoms with E-state index in [0.29, 0.717) is 12.8 Å². The molecule has 0 aromatic carbocycles. The van der Waals surface area contributed by atoms with Gasteiger partial charge in [-0.25, -0.2) is 4.57 Å². The van der Waals surface area contributed by atoms with Crippen LogP contribution in [0.15, 0.2) is 0 Å². The molecule has 0 saturated carbocycles. The number of carbonyl (C=O) groups excluding carboxylic acids is 1. The number of phosphoric acid groups is 1. The van der Waals surface area contributed by atoms with Crippen molar-refractivity contribution in [1.82, 2.24) is 5.32 Å². The molecule has 0 rings (SSSR count). The highest BCUT2D eigenvalue weighted by molar-refractivity contribution is 7.47. The smallest absolute Gasteiger partial charge is 0.354 e. The topological polar surface area (TPSA) is 84.9 Å². The first-order valence-corrected chi connectivity index (χ1v) is 8.67. The van der Waals surface area contributed by atoms with Gasteiger partial charge in [0.15, 0.2) is 0 Å². The Morgan fingerprint density at radius 1 is 1.15 bits per heavy atom. The number of carbonyl (C=O) groups is 1. The molecule has 0 spiro atoms. The standard InChI is InChI=1S/C13H28NO5P/c1-11(2)14-13(15)9-7-5-6-8-10-18-20(16,17)19-12(3)4/h11-12H,5-10H2,1-4H3,(H,14,15)(H,16,17). The predicted octanol–water partition coefficient (Wildman–Crippen LogP) is 3.00. The monoisotopic (exact) mass is 309 g/mol. The summed E-state index contributed by atoms with van der Waals surface area (Å²) in [6.07, 6.45) is 3.43. The lowest BCUT2D eigenvalue weighted by Crippen LogP contribution is -2.29. The Morgan fingerprint density at radius 2 is 1.75 bits per heavy atom. The Bertz CT molecular complexity index is 320. The van der Waals surface area contributed by atoms with Crippen LogP contribution in [-0.2, 0) is 18.4 Å². The van der Waals surface area contributed by atoms with Gasteiger partial charge >= 0.3 is 7.82 Å². The number of amides is 1. The first-order valence-electron chi connectivity index (χ1n) is 7.18. The van der Waals surface area contributed by atoms with Gasteiger partial charge in [0.1, 0.15) is 0 Å². The molecule has 0 aliphatic rings. The van der Waals surface area contributed by atoms with E-state index in [2.05, 4.69) is 5.32 Å². The average Bonchev–Trinajstić information content (AvgIpc) is 2.24. The largest absolute Gasteiger partial charge is 0.472 e. The molecule has 1 unspecified atom stereocenters. The fraction of sp³-hybridized carbons (Fsp3) is 0.923. The summed E-state index contributed by atoms with van der Waals surface area (Å²) in [4.78, 5) is 20.7. The van der Waals surface area contributed by atoms with E-state index in [4.69, 9.17) is 9.05 Å². The van der Waals surface area contributed by atoms with Crippen LogP contribution in [0.5, 0.6) is 0 Å². The number of phosphoric ester groups is 1. The number of nitrogens with one attached hydrogen (secondary N) is 1. The van der Waals surface area contributed by atoms with Gasteiger partial charge in [-0.15, -0.1) is 0 Å². The van der Waals surface area contributed by atoms with Crippen molar-refractivity contribution in [2.75, 3.05) is 6.61 Å². The van der Waals surface area contributed by atoms with Crippen molar-refractivity contribution in [2.24, 2.45) is 0 Å². The van der Waals surface area contributed by atoms with Gasteiger partial charge < -0.3 is 10.2 Å². The maximum absolute atomic E-state index is 11.4. The van der Waals surface area contributed by atoms with Crippen molar-refractivity contribution in [3.63, 3.8) is 0 Å². The highest BCUT2D eigenvalue weighted by atomic mass is 31.2. The Labute approximate surface area is 121 Å². The van der Waals surface area contributed by atoms with Crippen molar-refractivity contribution in [2.45, 2.75) is 71.9 Å². The summed E-state index contributed by atoms with van der Waals surface area (Å²) in [6.45, 7) is 7.41. The highest BCUT2D eigenvalue weighted by Gasteiger charge is 2.21. The normalized spacial score (nSPS) is 14.6. The van der Waals surface area contributed by atoms with Crippen LogP contribution in [0.3, 0.4) is 0 Å². The van der Waals surface area contributed by atoms with E-state index in [9.17, 15) is 14.3 Å². The molecule has 0 aromatic rings. The summed E-state index contributed by atoms with van der Waals surface area (Å²) in [7, 11) is -3.90. The van der Waals surface area contributed by atoms with E-state index in [-0.39, 0.29) is 24.7 Å². The summed E-state index contributed by atoms with van der Waals surface area (Å²) < 4.78 is 21.0. The third-order valence-corrected chi connectivity index (χ3v) is 3.54. The summed E-state index contributed by atoms with van der Waals surface area (Å²) in [5.74, 6) is 0.0708. The minimum atomic E-state index is -3.90. The van der Waals surface area contributed by atoms with Crippen LogP contribution in [0.4, 0.5) is 0 Å². The van der Waals surface area contributed by atoms with Crippen LogP contribution in [0.2, 0.25) is 0 Å². The van der Waals surface area contributed by atoms with Gasteiger partial charge in [-0.05, 0) is 40.5 Å². The average molecular weight is 309 g/mol.